The summed E-state index contributed by atoms with van der Waals surface area (Å²) in [5.41, 5.74) is -0.639. The molecule has 1 aromatic heterocycles. The summed E-state index contributed by atoms with van der Waals surface area (Å²) < 4.78 is 0.972. The molecule has 0 spiro atoms. The van der Waals surface area contributed by atoms with E-state index in [4.69, 9.17) is 0 Å². The highest BCUT2D eigenvalue weighted by Gasteiger charge is 2.12. The van der Waals surface area contributed by atoms with Crippen LogP contribution in [0.3, 0.4) is 0 Å². The van der Waals surface area contributed by atoms with E-state index in [0.29, 0.717) is 5.75 Å². The second-order valence-corrected chi connectivity index (χ2v) is 5.33. The molecule has 1 N–H and O–H groups in total. The number of nitrogens with zero attached hydrogens (tertiary/aromatic N) is 1. The summed E-state index contributed by atoms with van der Waals surface area (Å²) in [5, 5.41) is 10.4. The van der Waals surface area contributed by atoms with Gasteiger partial charge in [-0.2, -0.15) is 0 Å². The van der Waals surface area contributed by atoms with E-state index in [-0.39, 0.29) is 0 Å². The van der Waals surface area contributed by atoms with Crippen molar-refractivity contribution in [3.05, 3.63) is 22.8 Å². The van der Waals surface area contributed by atoms with E-state index in [1.807, 2.05) is 12.1 Å². The van der Waals surface area contributed by atoms with Crippen molar-refractivity contribution in [3.8, 4) is 0 Å². The monoisotopic (exact) mass is 261 g/mol. The number of hydrogen-bond acceptors (Lipinski definition) is 3. The number of pyridine rings is 1. The van der Waals surface area contributed by atoms with Gasteiger partial charge < -0.3 is 5.11 Å². The molecule has 0 fully saturated rings. The van der Waals surface area contributed by atoms with Gasteiger partial charge in [0.25, 0.3) is 0 Å². The molecule has 0 unspecified atom stereocenters. The first-order chi connectivity index (χ1) is 5.97. The van der Waals surface area contributed by atoms with E-state index in [1.54, 1.807) is 31.8 Å². The fourth-order valence-electron chi connectivity index (χ4n) is 0.698. The van der Waals surface area contributed by atoms with Crippen molar-refractivity contribution in [2.24, 2.45) is 0 Å². The molecule has 1 heterocycles. The number of aromatic nitrogens is 1. The van der Waals surface area contributed by atoms with Gasteiger partial charge in [-0.15, -0.1) is 11.8 Å². The van der Waals surface area contributed by atoms with Crippen molar-refractivity contribution in [1.29, 1.82) is 0 Å². The lowest BCUT2D eigenvalue weighted by Gasteiger charge is -2.15. The van der Waals surface area contributed by atoms with E-state index >= 15 is 0 Å². The molecule has 0 atom stereocenters. The largest absolute Gasteiger partial charge is 0.390 e. The first kappa shape index (κ1) is 11.0. The fourth-order valence-corrected chi connectivity index (χ4v) is 1.73. The molecule has 1 rings (SSSR count). The van der Waals surface area contributed by atoms with Gasteiger partial charge in [0, 0.05) is 16.4 Å². The van der Waals surface area contributed by atoms with Crippen LogP contribution in [0.4, 0.5) is 0 Å². The van der Waals surface area contributed by atoms with Crippen molar-refractivity contribution in [2.75, 3.05) is 5.75 Å². The zero-order chi connectivity index (χ0) is 9.90. The number of thioether (sulfide) groups is 1. The molecule has 0 aliphatic rings. The van der Waals surface area contributed by atoms with Crippen LogP contribution in [0.2, 0.25) is 0 Å². The van der Waals surface area contributed by atoms with Crippen molar-refractivity contribution < 1.29 is 5.11 Å². The Labute approximate surface area is 90.9 Å². The molecule has 2 nitrogen and oxygen atoms in total. The zero-order valence-corrected chi connectivity index (χ0v) is 10.0. The SMILES string of the molecule is CC(C)(O)CSc1ccc(Br)cn1. The predicted octanol–water partition coefficient (Wildman–Crippen LogP) is 2.71. The summed E-state index contributed by atoms with van der Waals surface area (Å²) in [6.07, 6.45) is 1.76. The molecular weight excluding hydrogens is 250 g/mol. The maximum absolute atomic E-state index is 9.48. The fraction of sp³-hybridized carbons (Fsp3) is 0.444. The Kier molecular flexibility index (Phi) is 3.76. The second-order valence-electron chi connectivity index (χ2n) is 3.42. The molecule has 0 saturated heterocycles. The first-order valence-electron chi connectivity index (χ1n) is 3.94. The molecule has 0 bridgehead atoms. The average molecular weight is 262 g/mol. The molecule has 0 radical (unpaired) electrons. The van der Waals surface area contributed by atoms with Gasteiger partial charge in [0.2, 0.25) is 0 Å². The molecule has 0 saturated carbocycles. The van der Waals surface area contributed by atoms with Crippen molar-refractivity contribution in [2.45, 2.75) is 24.5 Å². The van der Waals surface area contributed by atoms with E-state index in [1.165, 1.54) is 0 Å². The molecule has 13 heavy (non-hydrogen) atoms. The summed E-state index contributed by atoms with van der Waals surface area (Å²) in [6.45, 7) is 3.58. The third-order valence-electron chi connectivity index (χ3n) is 1.27. The Morgan fingerprint density at radius 2 is 2.23 bits per heavy atom. The van der Waals surface area contributed by atoms with Crippen LogP contribution in [-0.4, -0.2) is 21.4 Å². The molecule has 72 valence electrons. The van der Waals surface area contributed by atoms with Crippen LogP contribution in [0.25, 0.3) is 0 Å². The first-order valence-corrected chi connectivity index (χ1v) is 5.72. The van der Waals surface area contributed by atoms with Gasteiger partial charge in [0.1, 0.15) is 0 Å². The normalized spacial score (nSPS) is 11.7. The highest BCUT2D eigenvalue weighted by atomic mass is 79.9. The van der Waals surface area contributed by atoms with Crippen LogP contribution in [0.15, 0.2) is 27.8 Å². The summed E-state index contributed by atoms with van der Waals surface area (Å²) in [6, 6.07) is 3.88. The second kappa shape index (κ2) is 4.44. The maximum atomic E-state index is 9.48. The van der Waals surface area contributed by atoms with Gasteiger partial charge in [-0.05, 0) is 41.9 Å². The van der Waals surface area contributed by atoms with Crippen LogP contribution < -0.4 is 0 Å². The van der Waals surface area contributed by atoms with Gasteiger partial charge in [-0.3, -0.25) is 0 Å². The van der Waals surface area contributed by atoms with Gasteiger partial charge >= 0.3 is 0 Å². The van der Waals surface area contributed by atoms with Gasteiger partial charge in [0.05, 0.1) is 10.6 Å². The molecule has 0 aromatic carbocycles. The predicted molar refractivity (Wildman–Crippen MR) is 59.0 cm³/mol. The van der Waals surface area contributed by atoms with Crippen LogP contribution >= 0.6 is 27.7 Å². The summed E-state index contributed by atoms with van der Waals surface area (Å²) in [4.78, 5) is 4.19. The van der Waals surface area contributed by atoms with Gasteiger partial charge in [0.15, 0.2) is 0 Å². The topological polar surface area (TPSA) is 33.1 Å². The zero-order valence-electron chi connectivity index (χ0n) is 7.62. The number of hydrogen-bond donors (Lipinski definition) is 1. The van der Waals surface area contributed by atoms with Crippen LogP contribution in [0.5, 0.6) is 0 Å². The number of halogens is 1. The lowest BCUT2D eigenvalue weighted by atomic mass is 10.2. The van der Waals surface area contributed by atoms with Crippen molar-refractivity contribution in [1.82, 2.24) is 4.98 Å². The minimum atomic E-state index is -0.639. The van der Waals surface area contributed by atoms with Crippen LogP contribution in [0.1, 0.15) is 13.8 Å². The third kappa shape index (κ3) is 4.64. The van der Waals surface area contributed by atoms with Crippen LogP contribution in [0, 0.1) is 0 Å². The molecular formula is C9H12BrNOS. The van der Waals surface area contributed by atoms with E-state index in [0.717, 1.165) is 9.50 Å². The summed E-state index contributed by atoms with van der Waals surface area (Å²) in [7, 11) is 0. The molecule has 4 heteroatoms. The highest BCUT2D eigenvalue weighted by Crippen LogP contribution is 2.21. The third-order valence-corrected chi connectivity index (χ3v) is 3.13. The Hall–Kier alpha value is -0.0600. The molecule has 0 amide bonds. The standard InChI is InChI=1S/C9H12BrNOS/c1-9(2,12)6-13-8-4-3-7(10)5-11-8/h3-5,12H,6H2,1-2H3. The van der Waals surface area contributed by atoms with Crippen molar-refractivity contribution >= 4 is 27.7 Å². The lowest BCUT2D eigenvalue weighted by molar-refractivity contribution is 0.107. The van der Waals surface area contributed by atoms with Crippen LogP contribution in [-0.2, 0) is 0 Å². The quantitative estimate of drug-likeness (QED) is 0.850. The molecule has 1 aromatic rings. The minimum absolute atomic E-state index is 0.639. The molecule has 0 aliphatic heterocycles. The van der Waals surface area contributed by atoms with Gasteiger partial charge in [-0.1, -0.05) is 0 Å². The van der Waals surface area contributed by atoms with E-state index in [2.05, 4.69) is 20.9 Å². The van der Waals surface area contributed by atoms with Crippen molar-refractivity contribution in [3.63, 3.8) is 0 Å². The maximum Gasteiger partial charge on any atom is 0.0961 e. The Morgan fingerprint density at radius 3 is 2.69 bits per heavy atom. The highest BCUT2D eigenvalue weighted by molar-refractivity contribution is 9.10. The summed E-state index contributed by atoms with van der Waals surface area (Å²) in [5.74, 6) is 0.654. The Bertz CT molecular complexity index is 268. The summed E-state index contributed by atoms with van der Waals surface area (Å²) >= 11 is 4.87. The lowest BCUT2D eigenvalue weighted by Crippen LogP contribution is -2.21. The van der Waals surface area contributed by atoms with Gasteiger partial charge in [-0.25, -0.2) is 4.98 Å². The number of rotatable bonds is 3. The van der Waals surface area contributed by atoms with E-state index < -0.39 is 5.60 Å². The Balaban J connectivity index is 2.51. The number of aliphatic hydroxyl groups is 1. The van der Waals surface area contributed by atoms with E-state index in [9.17, 15) is 5.11 Å². The average Bonchev–Trinajstić information content (AvgIpc) is 2.02. The smallest absolute Gasteiger partial charge is 0.0961 e. The Morgan fingerprint density at radius 1 is 1.54 bits per heavy atom. The molecule has 0 aliphatic carbocycles. The minimum Gasteiger partial charge on any atom is -0.390 e.